The number of fused-ring (bicyclic) bond motifs is 1. The summed E-state index contributed by atoms with van der Waals surface area (Å²) in [6, 6.07) is 12.9. The second kappa shape index (κ2) is 5.68. The molecular weight excluding hydrogens is 320 g/mol. The lowest BCUT2D eigenvalue weighted by molar-refractivity contribution is 0.266. The minimum Gasteiger partial charge on any atom is -0.493 e. The van der Waals surface area contributed by atoms with Gasteiger partial charge in [-0.3, -0.25) is 0 Å². The number of ether oxygens (including phenoxy) is 1. The number of halogens is 1. The van der Waals surface area contributed by atoms with E-state index in [9.17, 15) is 0 Å². The first-order valence-corrected chi connectivity index (χ1v) is 8.47. The predicted octanol–water partition coefficient (Wildman–Crippen LogP) is 5.31. The van der Waals surface area contributed by atoms with Crippen molar-refractivity contribution in [3.63, 3.8) is 0 Å². The lowest BCUT2D eigenvalue weighted by atomic mass is 9.90. The first-order valence-electron chi connectivity index (χ1n) is 6.74. The van der Waals surface area contributed by atoms with Crippen LogP contribution < -0.4 is 4.74 Å². The molecule has 2 unspecified atom stereocenters. The molecule has 1 aliphatic heterocycles. The molecule has 0 spiro atoms. The molecule has 0 bridgehead atoms. The van der Waals surface area contributed by atoms with Crippen molar-refractivity contribution in [3.05, 3.63) is 51.7 Å². The Morgan fingerprint density at radius 2 is 2.16 bits per heavy atom. The van der Waals surface area contributed by atoms with Gasteiger partial charge >= 0.3 is 0 Å². The van der Waals surface area contributed by atoms with Crippen molar-refractivity contribution in [1.82, 2.24) is 0 Å². The maximum atomic E-state index is 5.75. The minimum atomic E-state index is 0.392. The highest BCUT2D eigenvalue weighted by atomic mass is 79.9. The zero-order valence-electron chi connectivity index (χ0n) is 10.9. The monoisotopic (exact) mass is 336 g/mol. The molecule has 3 rings (SSSR count). The van der Waals surface area contributed by atoms with Crippen LogP contribution in [-0.4, -0.2) is 6.61 Å². The van der Waals surface area contributed by atoms with Gasteiger partial charge in [0, 0.05) is 15.7 Å². The maximum absolute atomic E-state index is 5.75. The Balaban J connectivity index is 1.90. The van der Waals surface area contributed by atoms with E-state index in [2.05, 4.69) is 53.2 Å². The lowest BCUT2D eigenvalue weighted by Gasteiger charge is -2.29. The second-order valence-corrected chi connectivity index (χ2v) is 7.03. The van der Waals surface area contributed by atoms with Crippen molar-refractivity contribution in [1.29, 1.82) is 0 Å². The molecule has 0 fully saturated rings. The molecule has 0 saturated carbocycles. The molecule has 100 valence electrons. The van der Waals surface area contributed by atoms with Crippen molar-refractivity contribution in [2.24, 2.45) is 0 Å². The van der Waals surface area contributed by atoms with Crippen LogP contribution in [0.2, 0.25) is 0 Å². The van der Waals surface area contributed by atoms with E-state index in [1.54, 1.807) is 0 Å². The lowest BCUT2D eigenvalue weighted by Crippen LogP contribution is -2.17. The Bertz CT molecular complexity index is 563. The van der Waals surface area contributed by atoms with Gasteiger partial charge in [0.25, 0.3) is 0 Å². The molecule has 2 aromatic rings. The number of hydrogen-bond donors (Lipinski definition) is 0. The predicted molar refractivity (Wildman–Crippen MR) is 84.7 cm³/mol. The summed E-state index contributed by atoms with van der Waals surface area (Å²) in [4.78, 5) is 3.28. The van der Waals surface area contributed by atoms with Crippen molar-refractivity contribution in [3.8, 4) is 5.75 Å². The Labute approximate surface area is 126 Å². The highest BCUT2D eigenvalue weighted by molar-refractivity contribution is 9.09. The number of aryl methyl sites for hydroxylation is 1. The number of rotatable bonds is 3. The summed E-state index contributed by atoms with van der Waals surface area (Å²) in [6.07, 6.45) is 2.20. The molecular formula is C16H17BrOS. The Kier molecular flexibility index (Phi) is 3.94. The summed E-state index contributed by atoms with van der Waals surface area (Å²) in [7, 11) is 0. The zero-order chi connectivity index (χ0) is 13.2. The molecule has 0 saturated heterocycles. The third-order valence-electron chi connectivity index (χ3n) is 3.66. The highest BCUT2D eigenvalue weighted by Gasteiger charge is 2.28. The Morgan fingerprint density at radius 1 is 1.32 bits per heavy atom. The fourth-order valence-corrected chi connectivity index (χ4v) is 4.58. The average Bonchev–Trinajstić information content (AvgIpc) is 2.95. The van der Waals surface area contributed by atoms with Crippen molar-refractivity contribution in [2.45, 2.75) is 30.5 Å². The quantitative estimate of drug-likeness (QED) is 0.690. The van der Waals surface area contributed by atoms with E-state index < -0.39 is 0 Å². The van der Waals surface area contributed by atoms with Gasteiger partial charge in [-0.1, -0.05) is 41.1 Å². The zero-order valence-corrected chi connectivity index (χ0v) is 13.3. The van der Waals surface area contributed by atoms with Crippen LogP contribution in [0.3, 0.4) is 0 Å². The fraction of sp³-hybridized carbons (Fsp3) is 0.375. The molecule has 0 aliphatic carbocycles. The van der Waals surface area contributed by atoms with E-state index in [0.29, 0.717) is 10.7 Å². The van der Waals surface area contributed by atoms with E-state index in [-0.39, 0.29) is 0 Å². The summed E-state index contributed by atoms with van der Waals surface area (Å²) >= 11 is 5.84. The molecule has 1 aromatic heterocycles. The smallest absolute Gasteiger partial charge is 0.122 e. The third kappa shape index (κ3) is 2.59. The SMILES string of the molecule is CCc1ccc(C(Br)C2CCOc3ccccc32)s1. The van der Waals surface area contributed by atoms with Gasteiger partial charge < -0.3 is 4.74 Å². The molecule has 19 heavy (non-hydrogen) atoms. The fourth-order valence-electron chi connectivity index (χ4n) is 2.60. The molecule has 0 amide bonds. The number of alkyl halides is 1. The number of benzene rings is 1. The normalized spacial score (nSPS) is 19.6. The van der Waals surface area contributed by atoms with E-state index in [1.165, 1.54) is 15.3 Å². The van der Waals surface area contributed by atoms with Crippen LogP contribution in [0, 0.1) is 0 Å². The largest absolute Gasteiger partial charge is 0.493 e. The molecule has 1 aromatic carbocycles. The van der Waals surface area contributed by atoms with Gasteiger partial charge in [-0.2, -0.15) is 0 Å². The van der Waals surface area contributed by atoms with E-state index in [4.69, 9.17) is 4.74 Å². The summed E-state index contributed by atoms with van der Waals surface area (Å²) in [6.45, 7) is 3.03. The third-order valence-corrected chi connectivity index (χ3v) is 6.41. The Morgan fingerprint density at radius 3 is 2.95 bits per heavy atom. The number of hydrogen-bond acceptors (Lipinski definition) is 2. The van der Waals surface area contributed by atoms with Crippen LogP contribution >= 0.6 is 27.3 Å². The van der Waals surface area contributed by atoms with E-state index in [0.717, 1.165) is 25.2 Å². The first-order chi connectivity index (χ1) is 9.29. The van der Waals surface area contributed by atoms with Crippen LogP contribution in [-0.2, 0) is 6.42 Å². The molecule has 0 N–H and O–H groups in total. The number of para-hydroxylation sites is 1. The van der Waals surface area contributed by atoms with Gasteiger partial charge in [0.1, 0.15) is 5.75 Å². The summed E-state index contributed by atoms with van der Waals surface area (Å²) in [5.74, 6) is 1.56. The highest BCUT2D eigenvalue weighted by Crippen LogP contribution is 2.47. The molecule has 2 atom stereocenters. The maximum Gasteiger partial charge on any atom is 0.122 e. The van der Waals surface area contributed by atoms with E-state index >= 15 is 0 Å². The Hall–Kier alpha value is -0.800. The van der Waals surface area contributed by atoms with Gasteiger partial charge in [0.15, 0.2) is 0 Å². The average molecular weight is 337 g/mol. The van der Waals surface area contributed by atoms with Gasteiger partial charge in [0.05, 0.1) is 11.4 Å². The molecule has 1 aliphatic rings. The minimum absolute atomic E-state index is 0.392. The van der Waals surface area contributed by atoms with Crippen LogP contribution in [0.4, 0.5) is 0 Å². The van der Waals surface area contributed by atoms with Crippen LogP contribution in [0.15, 0.2) is 36.4 Å². The summed E-state index contributed by atoms with van der Waals surface area (Å²) < 4.78 is 5.75. The summed E-state index contributed by atoms with van der Waals surface area (Å²) in [5.41, 5.74) is 1.34. The van der Waals surface area contributed by atoms with Crippen LogP contribution in [0.5, 0.6) is 5.75 Å². The standard InChI is InChI=1S/C16H17BrOS/c1-2-11-7-8-15(19-11)16(17)13-9-10-18-14-6-4-3-5-12(13)14/h3-8,13,16H,2,9-10H2,1H3. The molecule has 1 nitrogen and oxygen atoms in total. The van der Waals surface area contributed by atoms with Crippen molar-refractivity contribution < 1.29 is 4.74 Å². The van der Waals surface area contributed by atoms with Gasteiger partial charge in [-0.25, -0.2) is 0 Å². The van der Waals surface area contributed by atoms with E-state index in [1.807, 2.05) is 17.4 Å². The van der Waals surface area contributed by atoms with Crippen LogP contribution in [0.1, 0.15) is 39.4 Å². The summed E-state index contributed by atoms with van der Waals surface area (Å²) in [5, 5.41) is 0. The molecule has 0 radical (unpaired) electrons. The van der Waals surface area contributed by atoms with Crippen molar-refractivity contribution >= 4 is 27.3 Å². The van der Waals surface area contributed by atoms with Crippen LogP contribution in [0.25, 0.3) is 0 Å². The molecule has 2 heterocycles. The topological polar surface area (TPSA) is 9.23 Å². The first kappa shape index (κ1) is 13.2. The van der Waals surface area contributed by atoms with Gasteiger partial charge in [0.2, 0.25) is 0 Å². The van der Waals surface area contributed by atoms with Gasteiger partial charge in [-0.15, -0.1) is 11.3 Å². The second-order valence-electron chi connectivity index (χ2n) is 4.84. The molecule has 3 heteroatoms. The van der Waals surface area contributed by atoms with Crippen molar-refractivity contribution in [2.75, 3.05) is 6.61 Å². The number of thiophene rings is 1. The van der Waals surface area contributed by atoms with Gasteiger partial charge in [-0.05, 0) is 36.6 Å².